The van der Waals surface area contributed by atoms with Crippen LogP contribution >= 0.6 is 11.3 Å². The predicted molar refractivity (Wildman–Crippen MR) is 75.6 cm³/mol. The standard InChI is InChI=1S/C15H17F2NS/c1-3-7-18-15(12-6-8-19-10(12)2)13-9-11(16)4-5-14(13)17/h4-6,8-9,15,18H,3,7H2,1-2H3. The van der Waals surface area contributed by atoms with E-state index in [1.807, 2.05) is 25.3 Å². The molecule has 0 spiro atoms. The number of halogens is 2. The lowest BCUT2D eigenvalue weighted by molar-refractivity contribution is 0.535. The van der Waals surface area contributed by atoms with Gasteiger partial charge in [-0.3, -0.25) is 0 Å². The average molecular weight is 281 g/mol. The van der Waals surface area contributed by atoms with E-state index >= 15 is 0 Å². The van der Waals surface area contributed by atoms with Crippen LogP contribution in [0.4, 0.5) is 8.78 Å². The molecule has 2 aromatic rings. The highest BCUT2D eigenvalue weighted by Crippen LogP contribution is 2.30. The Morgan fingerprint density at radius 1 is 1.21 bits per heavy atom. The summed E-state index contributed by atoms with van der Waals surface area (Å²) in [6.45, 7) is 4.81. The van der Waals surface area contributed by atoms with E-state index in [1.165, 1.54) is 12.1 Å². The first kappa shape index (κ1) is 14.2. The quantitative estimate of drug-likeness (QED) is 0.855. The highest BCUT2D eigenvalue weighted by atomic mass is 32.1. The van der Waals surface area contributed by atoms with E-state index in [4.69, 9.17) is 0 Å². The molecule has 1 nitrogen and oxygen atoms in total. The van der Waals surface area contributed by atoms with Gasteiger partial charge in [0.25, 0.3) is 0 Å². The van der Waals surface area contributed by atoms with E-state index in [9.17, 15) is 8.78 Å². The van der Waals surface area contributed by atoms with E-state index in [2.05, 4.69) is 5.32 Å². The Labute approximate surface area is 116 Å². The van der Waals surface area contributed by atoms with Crippen LogP contribution in [0.25, 0.3) is 0 Å². The van der Waals surface area contributed by atoms with Crippen molar-refractivity contribution in [3.8, 4) is 0 Å². The topological polar surface area (TPSA) is 12.0 Å². The second-order valence-electron chi connectivity index (χ2n) is 4.49. The molecule has 1 atom stereocenters. The fourth-order valence-corrected chi connectivity index (χ4v) is 2.85. The molecule has 1 aromatic heterocycles. The molecule has 1 unspecified atom stereocenters. The Hall–Kier alpha value is -1.26. The molecule has 0 fully saturated rings. The molecule has 0 radical (unpaired) electrons. The van der Waals surface area contributed by atoms with Crippen LogP contribution in [0.3, 0.4) is 0 Å². The van der Waals surface area contributed by atoms with Crippen molar-refractivity contribution in [3.05, 3.63) is 57.3 Å². The number of aryl methyl sites for hydroxylation is 1. The Kier molecular flexibility index (Phi) is 4.66. The van der Waals surface area contributed by atoms with Crippen molar-refractivity contribution in [2.24, 2.45) is 0 Å². The Morgan fingerprint density at radius 2 is 2.00 bits per heavy atom. The van der Waals surface area contributed by atoms with E-state index in [-0.39, 0.29) is 11.9 Å². The number of benzene rings is 1. The normalized spacial score (nSPS) is 12.6. The summed E-state index contributed by atoms with van der Waals surface area (Å²) in [6.07, 6.45) is 0.941. The molecule has 0 aliphatic carbocycles. The maximum absolute atomic E-state index is 14.0. The van der Waals surface area contributed by atoms with Gasteiger partial charge in [0.15, 0.2) is 0 Å². The molecule has 1 aromatic carbocycles. The zero-order valence-corrected chi connectivity index (χ0v) is 11.9. The first-order valence-corrected chi connectivity index (χ1v) is 7.23. The molecule has 1 heterocycles. The number of rotatable bonds is 5. The van der Waals surface area contributed by atoms with Crippen molar-refractivity contribution < 1.29 is 8.78 Å². The van der Waals surface area contributed by atoms with Crippen molar-refractivity contribution in [2.45, 2.75) is 26.3 Å². The summed E-state index contributed by atoms with van der Waals surface area (Å²) in [5, 5.41) is 5.27. The summed E-state index contributed by atoms with van der Waals surface area (Å²) in [7, 11) is 0. The van der Waals surface area contributed by atoms with Crippen LogP contribution < -0.4 is 5.32 Å². The number of hydrogen-bond donors (Lipinski definition) is 1. The number of hydrogen-bond acceptors (Lipinski definition) is 2. The summed E-state index contributed by atoms with van der Waals surface area (Å²) in [6, 6.07) is 5.29. The number of nitrogens with one attached hydrogen (secondary N) is 1. The second kappa shape index (κ2) is 6.26. The van der Waals surface area contributed by atoms with Gasteiger partial charge in [-0.2, -0.15) is 0 Å². The molecular weight excluding hydrogens is 264 g/mol. The maximum atomic E-state index is 14.0. The van der Waals surface area contributed by atoms with Gasteiger partial charge in [-0.1, -0.05) is 6.92 Å². The Balaban J connectivity index is 2.42. The molecule has 0 aliphatic heterocycles. The van der Waals surface area contributed by atoms with Gasteiger partial charge < -0.3 is 5.32 Å². The fraction of sp³-hybridized carbons (Fsp3) is 0.333. The van der Waals surface area contributed by atoms with Crippen LogP contribution in [0.5, 0.6) is 0 Å². The van der Waals surface area contributed by atoms with Crippen LogP contribution in [-0.4, -0.2) is 6.54 Å². The third kappa shape index (κ3) is 3.19. The minimum atomic E-state index is -0.410. The molecule has 19 heavy (non-hydrogen) atoms. The number of thiophene rings is 1. The molecule has 0 saturated heterocycles. The van der Waals surface area contributed by atoms with Crippen molar-refractivity contribution in [1.82, 2.24) is 5.32 Å². The summed E-state index contributed by atoms with van der Waals surface area (Å²) < 4.78 is 27.3. The Bertz CT molecular complexity index is 551. The largest absolute Gasteiger partial charge is 0.306 e. The smallest absolute Gasteiger partial charge is 0.128 e. The lowest BCUT2D eigenvalue weighted by atomic mass is 9.98. The van der Waals surface area contributed by atoms with Crippen molar-refractivity contribution >= 4 is 11.3 Å². The van der Waals surface area contributed by atoms with Crippen molar-refractivity contribution in [3.63, 3.8) is 0 Å². The van der Waals surface area contributed by atoms with Crippen LogP contribution in [0.1, 0.15) is 35.4 Å². The molecule has 2 rings (SSSR count). The van der Waals surface area contributed by atoms with E-state index < -0.39 is 5.82 Å². The predicted octanol–water partition coefficient (Wildman–Crippen LogP) is 4.42. The van der Waals surface area contributed by atoms with Gasteiger partial charge in [0.05, 0.1) is 6.04 Å². The van der Waals surface area contributed by atoms with E-state index in [1.54, 1.807) is 11.3 Å². The summed E-state index contributed by atoms with van der Waals surface area (Å²) in [5.74, 6) is -0.784. The maximum Gasteiger partial charge on any atom is 0.128 e. The van der Waals surface area contributed by atoms with Crippen LogP contribution in [0, 0.1) is 18.6 Å². The molecule has 1 N–H and O–H groups in total. The van der Waals surface area contributed by atoms with Gasteiger partial charge in [-0.05, 0) is 55.1 Å². The Morgan fingerprint density at radius 3 is 2.63 bits per heavy atom. The third-order valence-corrected chi connectivity index (χ3v) is 3.94. The highest BCUT2D eigenvalue weighted by Gasteiger charge is 2.20. The molecule has 0 bridgehead atoms. The summed E-state index contributed by atoms with van der Waals surface area (Å²) in [5.41, 5.74) is 1.39. The summed E-state index contributed by atoms with van der Waals surface area (Å²) in [4.78, 5) is 1.12. The van der Waals surface area contributed by atoms with Gasteiger partial charge in [0.1, 0.15) is 11.6 Å². The highest BCUT2D eigenvalue weighted by molar-refractivity contribution is 7.10. The van der Waals surface area contributed by atoms with Gasteiger partial charge >= 0.3 is 0 Å². The molecule has 0 aliphatic rings. The first-order valence-electron chi connectivity index (χ1n) is 6.35. The van der Waals surface area contributed by atoms with E-state index in [0.717, 1.165) is 29.5 Å². The zero-order chi connectivity index (χ0) is 13.8. The van der Waals surface area contributed by atoms with Crippen LogP contribution in [-0.2, 0) is 0 Å². The molecule has 0 amide bonds. The van der Waals surface area contributed by atoms with Gasteiger partial charge in [0.2, 0.25) is 0 Å². The third-order valence-electron chi connectivity index (χ3n) is 3.08. The van der Waals surface area contributed by atoms with Crippen molar-refractivity contribution in [1.29, 1.82) is 0 Å². The van der Waals surface area contributed by atoms with Crippen LogP contribution in [0.15, 0.2) is 29.6 Å². The van der Waals surface area contributed by atoms with Crippen molar-refractivity contribution in [2.75, 3.05) is 6.54 Å². The molecular formula is C15H17F2NS. The monoisotopic (exact) mass is 281 g/mol. The lowest BCUT2D eigenvalue weighted by Gasteiger charge is -2.20. The second-order valence-corrected chi connectivity index (χ2v) is 5.61. The van der Waals surface area contributed by atoms with Gasteiger partial charge in [-0.15, -0.1) is 11.3 Å². The average Bonchev–Trinajstić information content (AvgIpc) is 2.80. The lowest BCUT2D eigenvalue weighted by Crippen LogP contribution is -2.24. The SMILES string of the molecule is CCCNC(c1cc(F)ccc1F)c1ccsc1C. The zero-order valence-electron chi connectivity index (χ0n) is 11.0. The molecule has 4 heteroatoms. The van der Waals surface area contributed by atoms with Gasteiger partial charge in [0, 0.05) is 10.4 Å². The molecule has 102 valence electrons. The first-order chi connectivity index (χ1) is 9.13. The minimum Gasteiger partial charge on any atom is -0.306 e. The summed E-state index contributed by atoms with van der Waals surface area (Å²) >= 11 is 1.61. The van der Waals surface area contributed by atoms with E-state index in [0.29, 0.717) is 5.56 Å². The van der Waals surface area contributed by atoms with Crippen LogP contribution in [0.2, 0.25) is 0 Å². The molecule has 0 saturated carbocycles. The fourth-order valence-electron chi connectivity index (χ4n) is 2.11. The van der Waals surface area contributed by atoms with Gasteiger partial charge in [-0.25, -0.2) is 8.78 Å². The minimum absolute atomic E-state index is 0.290.